The van der Waals surface area contributed by atoms with Crippen LogP contribution in [0.25, 0.3) is 0 Å². The summed E-state index contributed by atoms with van der Waals surface area (Å²) in [5.74, 6) is 0.164. The van der Waals surface area contributed by atoms with E-state index in [1.807, 2.05) is 6.07 Å². The van der Waals surface area contributed by atoms with Gasteiger partial charge in [-0.3, -0.25) is 4.90 Å². The number of alkyl halides is 3. The molecule has 0 spiro atoms. The van der Waals surface area contributed by atoms with Gasteiger partial charge in [0, 0.05) is 12.1 Å². The highest BCUT2D eigenvalue weighted by Gasteiger charge is 2.39. The number of halogens is 3. The van der Waals surface area contributed by atoms with E-state index in [-0.39, 0.29) is 24.2 Å². The first-order valence-electron chi connectivity index (χ1n) is 9.80. The first kappa shape index (κ1) is 19.7. The normalized spacial score (nSPS) is 27.8. The standard InChI is InChI=1S/C21H30F3NO/c1-14(2)26-20-11-10-16(13-19(20)25(3)18-8-5-9-18)15-6-4-7-17(12-15)21(22,23)24/h4,6-7,12,14,16,18-20H,5,8-11,13H2,1-3H3/t16-,19-,20-/m0/s1. The van der Waals surface area contributed by atoms with Gasteiger partial charge in [-0.1, -0.05) is 24.6 Å². The fourth-order valence-corrected chi connectivity index (χ4v) is 4.39. The van der Waals surface area contributed by atoms with Crippen LogP contribution in [0.2, 0.25) is 0 Å². The molecule has 0 aliphatic heterocycles. The van der Waals surface area contributed by atoms with E-state index in [0.717, 1.165) is 30.9 Å². The molecule has 0 bridgehead atoms. The van der Waals surface area contributed by atoms with E-state index in [9.17, 15) is 13.2 Å². The SMILES string of the molecule is CC(C)O[C@H]1CC[C@H](c2cccc(C(F)(F)F)c2)C[C@@H]1N(C)C1CCC1. The van der Waals surface area contributed by atoms with E-state index in [2.05, 4.69) is 25.8 Å². The topological polar surface area (TPSA) is 12.5 Å². The fraction of sp³-hybridized carbons (Fsp3) is 0.714. The summed E-state index contributed by atoms with van der Waals surface area (Å²) in [6.07, 6.45) is 2.42. The zero-order valence-corrected chi connectivity index (χ0v) is 15.9. The number of likely N-dealkylation sites (N-methyl/N-ethyl adjacent to an activating group) is 1. The number of benzene rings is 1. The Morgan fingerprint density at radius 2 is 1.85 bits per heavy atom. The second-order valence-corrected chi connectivity index (χ2v) is 8.17. The smallest absolute Gasteiger partial charge is 0.374 e. The second kappa shape index (κ2) is 7.89. The van der Waals surface area contributed by atoms with Gasteiger partial charge in [-0.15, -0.1) is 0 Å². The van der Waals surface area contributed by atoms with Crippen LogP contribution in [0.5, 0.6) is 0 Å². The molecule has 2 nitrogen and oxygen atoms in total. The largest absolute Gasteiger partial charge is 0.416 e. The summed E-state index contributed by atoms with van der Waals surface area (Å²) in [4.78, 5) is 2.44. The quantitative estimate of drug-likeness (QED) is 0.668. The van der Waals surface area contributed by atoms with Crippen molar-refractivity contribution in [2.24, 2.45) is 0 Å². The van der Waals surface area contributed by atoms with Gasteiger partial charge in [-0.25, -0.2) is 0 Å². The summed E-state index contributed by atoms with van der Waals surface area (Å²) < 4.78 is 45.4. The van der Waals surface area contributed by atoms with Crippen LogP contribution < -0.4 is 0 Å². The maximum atomic E-state index is 13.1. The van der Waals surface area contributed by atoms with Crippen molar-refractivity contribution in [3.05, 3.63) is 35.4 Å². The van der Waals surface area contributed by atoms with E-state index in [1.54, 1.807) is 6.07 Å². The zero-order chi connectivity index (χ0) is 18.9. The first-order chi connectivity index (χ1) is 12.3. The highest BCUT2D eigenvalue weighted by atomic mass is 19.4. The molecule has 2 saturated carbocycles. The monoisotopic (exact) mass is 369 g/mol. The van der Waals surface area contributed by atoms with Crippen LogP contribution in [0.3, 0.4) is 0 Å². The van der Waals surface area contributed by atoms with Gasteiger partial charge in [-0.05, 0) is 70.5 Å². The molecule has 0 aromatic heterocycles. The van der Waals surface area contributed by atoms with E-state index < -0.39 is 11.7 Å². The highest BCUT2D eigenvalue weighted by molar-refractivity contribution is 5.29. The van der Waals surface area contributed by atoms with E-state index in [0.29, 0.717) is 6.04 Å². The van der Waals surface area contributed by atoms with Crippen LogP contribution in [0.4, 0.5) is 13.2 Å². The first-order valence-corrected chi connectivity index (χ1v) is 9.80. The third kappa shape index (κ3) is 4.42. The number of hydrogen-bond acceptors (Lipinski definition) is 2. The highest BCUT2D eigenvalue weighted by Crippen LogP contribution is 2.40. The Labute approximate surface area is 154 Å². The van der Waals surface area contributed by atoms with Gasteiger partial charge in [0.25, 0.3) is 0 Å². The number of rotatable bonds is 5. The van der Waals surface area contributed by atoms with Gasteiger partial charge < -0.3 is 4.74 Å². The predicted octanol–water partition coefficient (Wildman–Crippen LogP) is 5.62. The van der Waals surface area contributed by atoms with Crippen molar-refractivity contribution < 1.29 is 17.9 Å². The third-order valence-corrected chi connectivity index (χ3v) is 6.06. The molecule has 2 aliphatic rings. The van der Waals surface area contributed by atoms with Crippen molar-refractivity contribution in [1.82, 2.24) is 4.90 Å². The Kier molecular flexibility index (Phi) is 5.97. The lowest BCUT2D eigenvalue weighted by Gasteiger charge is -2.47. The summed E-state index contributed by atoms with van der Waals surface area (Å²) in [6, 6.07) is 6.77. The molecular formula is C21H30F3NO. The minimum atomic E-state index is -4.28. The number of ether oxygens (including phenoxy) is 1. The Morgan fingerprint density at radius 1 is 1.12 bits per heavy atom. The van der Waals surface area contributed by atoms with E-state index >= 15 is 0 Å². The Hall–Kier alpha value is -1.07. The average molecular weight is 369 g/mol. The molecule has 5 heteroatoms. The van der Waals surface area contributed by atoms with Crippen molar-refractivity contribution in [3.63, 3.8) is 0 Å². The Bertz CT molecular complexity index is 597. The molecule has 0 radical (unpaired) electrons. The average Bonchev–Trinajstić information content (AvgIpc) is 2.52. The molecule has 0 N–H and O–H groups in total. The lowest BCUT2D eigenvalue weighted by atomic mass is 9.77. The molecule has 1 aromatic rings. The molecule has 26 heavy (non-hydrogen) atoms. The van der Waals surface area contributed by atoms with Crippen molar-refractivity contribution in [2.75, 3.05) is 7.05 Å². The molecule has 0 amide bonds. The Balaban J connectivity index is 1.78. The molecule has 0 unspecified atom stereocenters. The van der Waals surface area contributed by atoms with Gasteiger partial charge >= 0.3 is 6.18 Å². The number of nitrogens with zero attached hydrogens (tertiary/aromatic N) is 1. The molecule has 146 valence electrons. The summed E-state index contributed by atoms with van der Waals surface area (Å²) in [7, 11) is 2.17. The molecule has 0 heterocycles. The van der Waals surface area contributed by atoms with Crippen LogP contribution in [-0.2, 0) is 10.9 Å². The maximum Gasteiger partial charge on any atom is 0.416 e. The lowest BCUT2D eigenvalue weighted by molar-refractivity contribution is -0.137. The van der Waals surface area contributed by atoms with E-state index in [4.69, 9.17) is 4.74 Å². The van der Waals surface area contributed by atoms with Crippen LogP contribution in [0, 0.1) is 0 Å². The van der Waals surface area contributed by atoms with Gasteiger partial charge in [0.15, 0.2) is 0 Å². The van der Waals surface area contributed by atoms with Crippen LogP contribution >= 0.6 is 0 Å². The molecule has 1 aromatic carbocycles. The summed E-state index contributed by atoms with van der Waals surface area (Å²) in [5.41, 5.74) is 0.272. The zero-order valence-electron chi connectivity index (χ0n) is 15.9. The maximum absolute atomic E-state index is 13.1. The molecule has 2 aliphatic carbocycles. The predicted molar refractivity (Wildman–Crippen MR) is 97.2 cm³/mol. The number of hydrogen-bond donors (Lipinski definition) is 0. The molecule has 0 saturated heterocycles. The second-order valence-electron chi connectivity index (χ2n) is 8.17. The molecule has 2 fully saturated rings. The lowest BCUT2D eigenvalue weighted by Crippen LogP contribution is -2.52. The van der Waals surface area contributed by atoms with Gasteiger partial charge in [-0.2, -0.15) is 13.2 Å². The van der Waals surface area contributed by atoms with Crippen molar-refractivity contribution in [1.29, 1.82) is 0 Å². The van der Waals surface area contributed by atoms with Crippen molar-refractivity contribution in [3.8, 4) is 0 Å². The third-order valence-electron chi connectivity index (χ3n) is 6.06. The van der Waals surface area contributed by atoms with Gasteiger partial charge in [0.1, 0.15) is 0 Å². The Morgan fingerprint density at radius 3 is 2.42 bits per heavy atom. The molecule has 3 rings (SSSR count). The fourth-order valence-electron chi connectivity index (χ4n) is 4.39. The van der Waals surface area contributed by atoms with E-state index in [1.165, 1.54) is 25.3 Å². The minimum Gasteiger partial charge on any atom is -0.374 e. The summed E-state index contributed by atoms with van der Waals surface area (Å²) >= 11 is 0. The summed E-state index contributed by atoms with van der Waals surface area (Å²) in [5, 5.41) is 0. The van der Waals surface area contributed by atoms with Gasteiger partial charge in [0.05, 0.1) is 17.8 Å². The molecule has 3 atom stereocenters. The van der Waals surface area contributed by atoms with Crippen LogP contribution in [0.1, 0.15) is 69.4 Å². The van der Waals surface area contributed by atoms with Crippen LogP contribution in [0.15, 0.2) is 24.3 Å². The van der Waals surface area contributed by atoms with Gasteiger partial charge in [0.2, 0.25) is 0 Å². The van der Waals surface area contributed by atoms with Crippen molar-refractivity contribution >= 4 is 0 Å². The summed E-state index contributed by atoms with van der Waals surface area (Å²) in [6.45, 7) is 4.11. The van der Waals surface area contributed by atoms with Crippen LogP contribution in [-0.4, -0.2) is 36.2 Å². The minimum absolute atomic E-state index is 0.164. The molecular weight excluding hydrogens is 339 g/mol. The van der Waals surface area contributed by atoms with Crippen molar-refractivity contribution in [2.45, 2.75) is 88.8 Å².